The minimum atomic E-state index is -0.673. The van der Waals surface area contributed by atoms with Crippen LogP contribution in [0, 0.1) is 5.82 Å². The van der Waals surface area contributed by atoms with Gasteiger partial charge in [0, 0.05) is 23.4 Å². The molecular weight excluding hydrogens is 434 g/mol. The van der Waals surface area contributed by atoms with Crippen molar-refractivity contribution < 1.29 is 9.18 Å². The Morgan fingerprint density at radius 3 is 2.53 bits per heavy atom. The van der Waals surface area contributed by atoms with Gasteiger partial charge in [-0.15, -0.1) is 4.80 Å². The van der Waals surface area contributed by atoms with E-state index in [9.17, 15) is 14.0 Å². The molecule has 0 aliphatic carbocycles. The fraction of sp³-hybridized carbons (Fsp3) is 0. The lowest BCUT2D eigenvalue weighted by atomic mass is 10.0. The third-order valence-electron chi connectivity index (χ3n) is 4.08. The number of carbonyl (C=O) groups excluding carboxylic acids is 1. The highest BCUT2D eigenvalue weighted by atomic mass is 35.5. The van der Waals surface area contributed by atoms with Gasteiger partial charge in [-0.05, 0) is 24.3 Å². The summed E-state index contributed by atoms with van der Waals surface area (Å²) in [6, 6.07) is 6.52. The van der Waals surface area contributed by atoms with Crippen molar-refractivity contribution in [2.45, 2.75) is 0 Å². The Hall–Kier alpha value is -3.56. The maximum atomic E-state index is 14.6. The first-order valence-electron chi connectivity index (χ1n) is 8.44. The predicted molar refractivity (Wildman–Crippen MR) is 110 cm³/mol. The number of rotatable bonds is 4. The zero-order valence-corrected chi connectivity index (χ0v) is 16.4. The molecule has 0 radical (unpaired) electrons. The monoisotopic (exact) mass is 444 g/mol. The number of anilines is 1. The molecule has 0 saturated carbocycles. The maximum absolute atomic E-state index is 14.6. The highest BCUT2D eigenvalue weighted by Crippen LogP contribution is 2.29. The van der Waals surface area contributed by atoms with Gasteiger partial charge in [0.25, 0.3) is 5.91 Å². The van der Waals surface area contributed by atoms with Crippen LogP contribution in [0.25, 0.3) is 16.9 Å². The summed E-state index contributed by atoms with van der Waals surface area (Å²) in [4.78, 5) is 31.6. The predicted octanol–water partition coefficient (Wildman–Crippen LogP) is 3.72. The molecule has 0 aliphatic heterocycles. The molecule has 8 nitrogen and oxygen atoms in total. The zero-order chi connectivity index (χ0) is 21.3. The number of pyridine rings is 2. The highest BCUT2D eigenvalue weighted by Gasteiger charge is 2.17. The van der Waals surface area contributed by atoms with E-state index in [0.717, 1.165) is 6.07 Å². The van der Waals surface area contributed by atoms with Crippen LogP contribution >= 0.6 is 23.2 Å². The second-order valence-corrected chi connectivity index (χ2v) is 6.87. The minimum Gasteiger partial charge on any atom is -0.328 e. The first-order valence-corrected chi connectivity index (χ1v) is 9.20. The number of hydrogen-bond donors (Lipinski definition) is 2. The molecule has 0 aliphatic rings. The number of amides is 1. The van der Waals surface area contributed by atoms with E-state index in [1.165, 1.54) is 53.8 Å². The molecule has 0 bridgehead atoms. The molecule has 0 spiro atoms. The summed E-state index contributed by atoms with van der Waals surface area (Å²) in [7, 11) is 0. The van der Waals surface area contributed by atoms with Crippen molar-refractivity contribution in [3.05, 3.63) is 86.9 Å². The molecule has 3 aromatic heterocycles. The number of nitrogens with zero attached hydrogens (tertiary/aromatic N) is 4. The second-order valence-electron chi connectivity index (χ2n) is 6.06. The van der Waals surface area contributed by atoms with Crippen molar-refractivity contribution in [3.63, 3.8) is 0 Å². The molecule has 150 valence electrons. The Kier molecular flexibility index (Phi) is 5.30. The van der Waals surface area contributed by atoms with Crippen LogP contribution in [0.1, 0.15) is 10.4 Å². The maximum Gasteiger partial charge on any atom is 0.257 e. The second kappa shape index (κ2) is 8.05. The average Bonchev–Trinajstić information content (AvgIpc) is 3.24. The van der Waals surface area contributed by atoms with Gasteiger partial charge in [-0.25, -0.2) is 9.37 Å². The standard InChI is InChI=1S/C19H11Cl2FN6O2/c20-14-6-12(10-1-2-17(29)23-8-10)16(22)7-13(14)19(30)27-11-5-15(21)18(24-9-11)28-25-3-4-26-28/h1-9H,(H,23,29)(H,27,30). The van der Waals surface area contributed by atoms with E-state index in [0.29, 0.717) is 5.56 Å². The molecule has 1 amide bonds. The number of benzene rings is 1. The van der Waals surface area contributed by atoms with Crippen molar-refractivity contribution in [2.75, 3.05) is 5.32 Å². The smallest absolute Gasteiger partial charge is 0.257 e. The first-order chi connectivity index (χ1) is 14.4. The van der Waals surface area contributed by atoms with Crippen molar-refractivity contribution in [1.29, 1.82) is 0 Å². The lowest BCUT2D eigenvalue weighted by molar-refractivity contribution is 0.102. The molecule has 0 saturated heterocycles. The molecular formula is C19H11Cl2FN6O2. The van der Waals surface area contributed by atoms with Gasteiger partial charge in [-0.3, -0.25) is 9.59 Å². The van der Waals surface area contributed by atoms with E-state index in [2.05, 4.69) is 25.5 Å². The van der Waals surface area contributed by atoms with Gasteiger partial charge in [-0.1, -0.05) is 23.2 Å². The molecule has 30 heavy (non-hydrogen) atoms. The third-order valence-corrected chi connectivity index (χ3v) is 4.68. The minimum absolute atomic E-state index is 0.0338. The summed E-state index contributed by atoms with van der Waals surface area (Å²) < 4.78 is 14.6. The Balaban J connectivity index is 1.59. The summed E-state index contributed by atoms with van der Waals surface area (Å²) in [5, 5.41) is 10.7. The third kappa shape index (κ3) is 3.93. The van der Waals surface area contributed by atoms with Crippen molar-refractivity contribution in [1.82, 2.24) is 25.0 Å². The number of aromatic amines is 1. The fourth-order valence-corrected chi connectivity index (χ4v) is 3.18. The number of halogens is 3. The Morgan fingerprint density at radius 2 is 1.87 bits per heavy atom. The largest absolute Gasteiger partial charge is 0.328 e. The lowest BCUT2D eigenvalue weighted by Crippen LogP contribution is -2.14. The van der Waals surface area contributed by atoms with Crippen LogP contribution in [0.4, 0.5) is 10.1 Å². The van der Waals surface area contributed by atoms with E-state index in [1.807, 2.05) is 0 Å². The molecule has 4 aromatic rings. The summed E-state index contributed by atoms with van der Waals surface area (Å²) in [5.74, 6) is -1.03. The normalized spacial score (nSPS) is 10.8. The van der Waals surface area contributed by atoms with Crippen molar-refractivity contribution in [2.24, 2.45) is 0 Å². The van der Waals surface area contributed by atoms with Gasteiger partial charge < -0.3 is 10.3 Å². The fourth-order valence-electron chi connectivity index (χ4n) is 2.69. The summed E-state index contributed by atoms with van der Waals surface area (Å²) in [6.45, 7) is 0. The molecule has 2 N–H and O–H groups in total. The quantitative estimate of drug-likeness (QED) is 0.498. The van der Waals surface area contributed by atoms with Gasteiger partial charge in [-0.2, -0.15) is 10.2 Å². The van der Waals surface area contributed by atoms with Gasteiger partial charge in [0.05, 0.1) is 39.9 Å². The Labute approximate surface area is 178 Å². The number of hydrogen-bond acceptors (Lipinski definition) is 5. The van der Waals surface area contributed by atoms with Gasteiger partial charge in [0.15, 0.2) is 5.82 Å². The van der Waals surface area contributed by atoms with Crippen LogP contribution in [0.5, 0.6) is 0 Å². The average molecular weight is 445 g/mol. The SMILES string of the molecule is O=C(Nc1cnc(-n2nccn2)c(Cl)c1)c1cc(F)c(-c2ccc(=O)[nH]c2)cc1Cl. The molecule has 0 atom stereocenters. The number of nitrogens with one attached hydrogen (secondary N) is 2. The number of carbonyl (C=O) groups is 1. The van der Waals surface area contributed by atoms with E-state index in [4.69, 9.17) is 23.2 Å². The topological polar surface area (TPSA) is 106 Å². The van der Waals surface area contributed by atoms with E-state index < -0.39 is 11.7 Å². The molecule has 0 unspecified atom stereocenters. The summed E-state index contributed by atoms with van der Waals surface area (Å²) in [6.07, 6.45) is 5.67. The molecule has 0 fully saturated rings. The summed E-state index contributed by atoms with van der Waals surface area (Å²) >= 11 is 12.4. The van der Waals surface area contributed by atoms with E-state index in [1.54, 1.807) is 0 Å². The molecule has 11 heteroatoms. The summed E-state index contributed by atoms with van der Waals surface area (Å²) in [5.41, 5.74) is 0.453. The number of aromatic nitrogens is 5. The van der Waals surface area contributed by atoms with Crippen LogP contribution in [0.2, 0.25) is 10.0 Å². The van der Waals surface area contributed by atoms with Crippen LogP contribution in [0.15, 0.2) is 59.9 Å². The molecule has 3 heterocycles. The zero-order valence-electron chi connectivity index (χ0n) is 14.9. The van der Waals surface area contributed by atoms with Crippen LogP contribution in [0.3, 0.4) is 0 Å². The Bertz CT molecular complexity index is 1290. The van der Waals surface area contributed by atoms with E-state index in [-0.39, 0.29) is 38.2 Å². The first kappa shape index (κ1) is 19.7. The van der Waals surface area contributed by atoms with Crippen LogP contribution in [-0.2, 0) is 0 Å². The van der Waals surface area contributed by atoms with E-state index >= 15 is 0 Å². The van der Waals surface area contributed by atoms with Gasteiger partial charge in [0.2, 0.25) is 5.56 Å². The Morgan fingerprint density at radius 1 is 1.10 bits per heavy atom. The van der Waals surface area contributed by atoms with Gasteiger partial charge >= 0.3 is 0 Å². The lowest BCUT2D eigenvalue weighted by Gasteiger charge is -2.11. The molecule has 4 rings (SSSR count). The number of H-pyrrole nitrogens is 1. The van der Waals surface area contributed by atoms with Crippen molar-refractivity contribution in [3.8, 4) is 16.9 Å². The highest BCUT2D eigenvalue weighted by molar-refractivity contribution is 6.35. The van der Waals surface area contributed by atoms with Crippen LogP contribution in [-0.4, -0.2) is 30.9 Å². The van der Waals surface area contributed by atoms with Gasteiger partial charge in [0.1, 0.15) is 5.82 Å². The van der Waals surface area contributed by atoms with Crippen molar-refractivity contribution >= 4 is 34.8 Å². The van der Waals surface area contributed by atoms with Crippen LogP contribution < -0.4 is 10.9 Å². The molecule has 1 aromatic carbocycles.